The first-order valence-corrected chi connectivity index (χ1v) is 8.88. The third-order valence-electron chi connectivity index (χ3n) is 3.93. The van der Waals surface area contributed by atoms with E-state index in [1.54, 1.807) is 12.1 Å². The van der Waals surface area contributed by atoms with Crippen LogP contribution in [0.3, 0.4) is 0 Å². The van der Waals surface area contributed by atoms with Gasteiger partial charge < -0.3 is 10.6 Å². The van der Waals surface area contributed by atoms with Crippen molar-refractivity contribution in [1.29, 1.82) is 0 Å². The zero-order valence-electron chi connectivity index (χ0n) is 13.0. The van der Waals surface area contributed by atoms with Gasteiger partial charge in [0.2, 0.25) is 5.91 Å². The first-order chi connectivity index (χ1) is 12.1. The first kappa shape index (κ1) is 15.9. The molecule has 0 atom stereocenters. The van der Waals surface area contributed by atoms with Gasteiger partial charge in [-0.25, -0.2) is 0 Å². The third-order valence-corrected chi connectivity index (χ3v) is 5.30. The molecule has 1 aliphatic heterocycles. The van der Waals surface area contributed by atoms with Crippen LogP contribution in [-0.4, -0.2) is 11.8 Å². The second-order valence-electron chi connectivity index (χ2n) is 5.73. The number of anilines is 2. The van der Waals surface area contributed by atoms with E-state index >= 15 is 0 Å². The summed E-state index contributed by atoms with van der Waals surface area (Å²) in [4.78, 5) is 25.5. The molecule has 2 N–H and O–H groups in total. The van der Waals surface area contributed by atoms with Gasteiger partial charge in [0.15, 0.2) is 0 Å². The van der Waals surface area contributed by atoms with Gasteiger partial charge in [0, 0.05) is 21.3 Å². The van der Waals surface area contributed by atoms with Crippen molar-refractivity contribution < 1.29 is 9.59 Å². The fourth-order valence-corrected chi connectivity index (χ4v) is 3.84. The minimum Gasteiger partial charge on any atom is -0.326 e. The van der Waals surface area contributed by atoms with Crippen LogP contribution in [0, 0.1) is 0 Å². The van der Waals surface area contributed by atoms with Crippen LogP contribution in [-0.2, 0) is 11.2 Å². The van der Waals surface area contributed by atoms with Crippen LogP contribution in [0.25, 0.3) is 10.4 Å². The Morgan fingerprint density at radius 1 is 1.12 bits per heavy atom. The Balaban J connectivity index is 1.53. The van der Waals surface area contributed by atoms with Gasteiger partial charge in [-0.05, 0) is 53.6 Å². The van der Waals surface area contributed by atoms with Crippen molar-refractivity contribution in [3.8, 4) is 10.4 Å². The van der Waals surface area contributed by atoms with Gasteiger partial charge >= 0.3 is 0 Å². The van der Waals surface area contributed by atoms with Gasteiger partial charge in [0.1, 0.15) is 0 Å². The average Bonchev–Trinajstić information content (AvgIpc) is 3.20. The lowest BCUT2D eigenvalue weighted by atomic mass is 10.1. The molecule has 0 radical (unpaired) electrons. The third kappa shape index (κ3) is 3.29. The van der Waals surface area contributed by atoms with Crippen molar-refractivity contribution in [3.05, 3.63) is 70.1 Å². The zero-order valence-corrected chi connectivity index (χ0v) is 14.6. The van der Waals surface area contributed by atoms with Gasteiger partial charge in [0.05, 0.1) is 11.3 Å². The SMILES string of the molecule is O=C1Cc2cc(NC(=O)c3ccc(-c4cccc(Cl)c4)s3)ccc2N1. The molecular weight excluding hydrogens is 356 g/mol. The molecule has 0 bridgehead atoms. The van der Waals surface area contributed by atoms with Gasteiger partial charge in [-0.1, -0.05) is 23.7 Å². The van der Waals surface area contributed by atoms with Crippen molar-refractivity contribution in [2.45, 2.75) is 6.42 Å². The van der Waals surface area contributed by atoms with Crippen molar-refractivity contribution >= 4 is 46.1 Å². The number of thiophene rings is 1. The van der Waals surface area contributed by atoms with Crippen LogP contribution in [0.4, 0.5) is 11.4 Å². The topological polar surface area (TPSA) is 58.2 Å². The number of carbonyl (C=O) groups excluding carboxylic acids is 2. The summed E-state index contributed by atoms with van der Waals surface area (Å²) in [5, 5.41) is 6.33. The monoisotopic (exact) mass is 368 g/mol. The van der Waals surface area contributed by atoms with E-state index in [-0.39, 0.29) is 11.8 Å². The summed E-state index contributed by atoms with van der Waals surface area (Å²) < 4.78 is 0. The second kappa shape index (κ2) is 6.35. The normalized spacial score (nSPS) is 12.6. The summed E-state index contributed by atoms with van der Waals surface area (Å²) in [5.74, 6) is -0.196. The first-order valence-electron chi connectivity index (χ1n) is 7.68. The van der Waals surface area contributed by atoms with E-state index in [2.05, 4.69) is 10.6 Å². The number of halogens is 1. The molecule has 2 amide bonds. The summed E-state index contributed by atoms with van der Waals surface area (Å²) in [6.07, 6.45) is 0.344. The highest BCUT2D eigenvalue weighted by atomic mass is 35.5. The summed E-state index contributed by atoms with van der Waals surface area (Å²) in [5.41, 5.74) is 3.37. The Morgan fingerprint density at radius 2 is 2.00 bits per heavy atom. The Labute approximate surface area is 153 Å². The van der Waals surface area contributed by atoms with E-state index < -0.39 is 0 Å². The molecule has 4 nitrogen and oxygen atoms in total. The molecule has 1 aromatic heterocycles. The number of rotatable bonds is 3. The quantitative estimate of drug-likeness (QED) is 0.696. The molecule has 3 aromatic rings. The number of hydrogen-bond donors (Lipinski definition) is 2. The number of benzene rings is 2. The molecule has 0 spiro atoms. The summed E-state index contributed by atoms with van der Waals surface area (Å²) in [7, 11) is 0. The fraction of sp³-hybridized carbons (Fsp3) is 0.0526. The molecule has 6 heteroatoms. The molecule has 2 heterocycles. The van der Waals surface area contributed by atoms with E-state index in [4.69, 9.17) is 11.6 Å². The van der Waals surface area contributed by atoms with E-state index in [1.807, 2.05) is 42.5 Å². The highest BCUT2D eigenvalue weighted by Crippen LogP contribution is 2.31. The van der Waals surface area contributed by atoms with Crippen LogP contribution in [0.5, 0.6) is 0 Å². The summed E-state index contributed by atoms with van der Waals surface area (Å²) in [6.45, 7) is 0. The highest BCUT2D eigenvalue weighted by molar-refractivity contribution is 7.17. The average molecular weight is 369 g/mol. The largest absolute Gasteiger partial charge is 0.326 e. The molecule has 4 rings (SSSR count). The molecule has 25 heavy (non-hydrogen) atoms. The van der Waals surface area contributed by atoms with Crippen molar-refractivity contribution in [2.75, 3.05) is 10.6 Å². The van der Waals surface area contributed by atoms with Gasteiger partial charge in [0.25, 0.3) is 5.91 Å². The second-order valence-corrected chi connectivity index (χ2v) is 7.25. The molecule has 1 aliphatic rings. The lowest BCUT2D eigenvalue weighted by Gasteiger charge is -2.05. The van der Waals surface area contributed by atoms with Gasteiger partial charge in [-0.3, -0.25) is 9.59 Å². The number of fused-ring (bicyclic) bond motifs is 1. The van der Waals surface area contributed by atoms with Crippen LogP contribution < -0.4 is 10.6 Å². The van der Waals surface area contributed by atoms with Crippen LogP contribution in [0.2, 0.25) is 5.02 Å². The lowest BCUT2D eigenvalue weighted by molar-refractivity contribution is -0.115. The maximum absolute atomic E-state index is 12.5. The lowest BCUT2D eigenvalue weighted by Crippen LogP contribution is -2.10. The number of hydrogen-bond acceptors (Lipinski definition) is 3. The molecule has 0 aliphatic carbocycles. The van der Waals surface area contributed by atoms with E-state index in [0.29, 0.717) is 22.0 Å². The standard InChI is InChI=1S/C19H13ClN2O2S/c20-13-3-1-2-11(8-13)16-6-7-17(25-16)19(24)21-14-4-5-15-12(9-14)10-18(23)22-15/h1-9H,10H2,(H,21,24)(H,22,23). The highest BCUT2D eigenvalue weighted by Gasteiger charge is 2.18. The molecule has 0 fully saturated rings. The predicted octanol–water partition coefficient (Wildman–Crippen LogP) is 4.82. The molecule has 0 saturated carbocycles. The zero-order chi connectivity index (χ0) is 17.4. The number of carbonyl (C=O) groups is 2. The Hall–Kier alpha value is -2.63. The minimum atomic E-state index is -0.171. The smallest absolute Gasteiger partial charge is 0.265 e. The van der Waals surface area contributed by atoms with Crippen LogP contribution >= 0.6 is 22.9 Å². The maximum Gasteiger partial charge on any atom is 0.265 e. The molecule has 124 valence electrons. The number of nitrogens with one attached hydrogen (secondary N) is 2. The maximum atomic E-state index is 12.5. The molecule has 2 aromatic carbocycles. The van der Waals surface area contributed by atoms with E-state index in [1.165, 1.54) is 11.3 Å². The van der Waals surface area contributed by atoms with E-state index in [0.717, 1.165) is 21.7 Å². The van der Waals surface area contributed by atoms with Crippen LogP contribution in [0.1, 0.15) is 15.2 Å². The Bertz CT molecular complexity index is 997. The fourth-order valence-electron chi connectivity index (χ4n) is 2.76. The van der Waals surface area contributed by atoms with E-state index in [9.17, 15) is 9.59 Å². The molecular formula is C19H13ClN2O2S. The van der Waals surface area contributed by atoms with Crippen LogP contribution in [0.15, 0.2) is 54.6 Å². The number of amides is 2. The van der Waals surface area contributed by atoms with Crippen molar-refractivity contribution in [2.24, 2.45) is 0 Å². The Morgan fingerprint density at radius 3 is 2.84 bits per heavy atom. The Kier molecular flexibility index (Phi) is 4.03. The molecule has 0 unspecified atom stereocenters. The van der Waals surface area contributed by atoms with Gasteiger partial charge in [-0.2, -0.15) is 0 Å². The van der Waals surface area contributed by atoms with Gasteiger partial charge in [-0.15, -0.1) is 11.3 Å². The minimum absolute atomic E-state index is 0.0251. The molecule has 0 saturated heterocycles. The summed E-state index contributed by atoms with van der Waals surface area (Å²) >= 11 is 7.44. The predicted molar refractivity (Wildman–Crippen MR) is 101 cm³/mol. The van der Waals surface area contributed by atoms with Crippen molar-refractivity contribution in [3.63, 3.8) is 0 Å². The van der Waals surface area contributed by atoms with Crippen molar-refractivity contribution in [1.82, 2.24) is 0 Å². The summed E-state index contributed by atoms with van der Waals surface area (Å²) in [6, 6.07) is 16.7.